The lowest BCUT2D eigenvalue weighted by molar-refractivity contribution is 0.612. The maximum Gasteiger partial charge on any atom is 0.152 e. The van der Waals surface area contributed by atoms with Gasteiger partial charge in [0.05, 0.1) is 6.26 Å². The molecule has 0 aliphatic heterocycles. The summed E-state index contributed by atoms with van der Waals surface area (Å²) < 4.78 is 5.19. The van der Waals surface area contributed by atoms with Crippen LogP contribution in [0.25, 0.3) is 11.1 Å². The van der Waals surface area contributed by atoms with Crippen LogP contribution in [0.3, 0.4) is 0 Å². The first-order valence-corrected chi connectivity index (χ1v) is 4.17. The average molecular weight is 163 g/mol. The number of furan rings is 1. The second-order valence-electron chi connectivity index (χ2n) is 2.27. The largest absolute Gasteiger partial charge is 0.462 e. The van der Waals surface area contributed by atoms with Gasteiger partial charge in [0.2, 0.25) is 0 Å². The van der Waals surface area contributed by atoms with E-state index in [4.69, 9.17) is 4.42 Å². The van der Waals surface area contributed by atoms with E-state index < -0.39 is 0 Å². The molecule has 2 aromatic rings. The van der Waals surface area contributed by atoms with E-state index in [9.17, 15) is 0 Å². The number of fused-ring (bicyclic) bond motifs is 1. The minimum Gasteiger partial charge on any atom is -0.462 e. The molecule has 0 radical (unpaired) electrons. The van der Waals surface area contributed by atoms with Gasteiger partial charge in [-0.15, -0.1) is 0 Å². The first-order valence-electron chi connectivity index (χ1n) is 4.17. The topological polar surface area (TPSA) is 26.0 Å². The minimum atomic E-state index is 0.861. The lowest BCUT2D eigenvalue weighted by Gasteiger charge is -1.84. The Morgan fingerprint density at radius 3 is 2.75 bits per heavy atom. The number of hydrogen-bond acceptors (Lipinski definition) is 2. The molecule has 2 rings (SSSR count). The van der Waals surface area contributed by atoms with Crippen LogP contribution >= 0.6 is 0 Å². The van der Waals surface area contributed by atoms with Crippen molar-refractivity contribution < 1.29 is 4.42 Å². The molecule has 12 heavy (non-hydrogen) atoms. The molecular formula is C10H13NO. The molecule has 2 nitrogen and oxygen atoms in total. The van der Waals surface area contributed by atoms with Crippen LogP contribution in [-0.4, -0.2) is 4.98 Å². The first-order chi connectivity index (χ1) is 5.88. The minimum absolute atomic E-state index is 0.861. The van der Waals surface area contributed by atoms with E-state index in [1.165, 1.54) is 0 Å². The van der Waals surface area contributed by atoms with Crippen LogP contribution in [0.1, 0.15) is 19.4 Å². The summed E-state index contributed by atoms with van der Waals surface area (Å²) in [6.07, 6.45) is 3.49. The van der Waals surface area contributed by atoms with E-state index in [-0.39, 0.29) is 0 Å². The van der Waals surface area contributed by atoms with E-state index in [2.05, 4.69) is 4.98 Å². The zero-order chi connectivity index (χ0) is 8.97. The van der Waals surface area contributed by atoms with E-state index in [0.717, 1.165) is 16.7 Å². The highest BCUT2D eigenvalue weighted by atomic mass is 16.3. The maximum absolute atomic E-state index is 5.19. The predicted octanol–water partition coefficient (Wildman–Crippen LogP) is 3.16. The molecule has 0 aromatic carbocycles. The molecule has 0 N–H and O–H groups in total. The Morgan fingerprint density at radius 1 is 1.33 bits per heavy atom. The zero-order valence-electron chi connectivity index (χ0n) is 7.66. The molecule has 0 amide bonds. The fourth-order valence-corrected chi connectivity index (χ4v) is 0.989. The molecule has 2 aromatic heterocycles. The average Bonchev–Trinajstić information content (AvgIpc) is 2.53. The SMILES string of the molecule is CC.Cc1coc2cccnc12. The Bertz CT molecular complexity index is 351. The van der Waals surface area contributed by atoms with E-state index in [1.807, 2.05) is 32.9 Å². The molecule has 0 aliphatic rings. The Kier molecular flexibility index (Phi) is 2.86. The lowest BCUT2D eigenvalue weighted by Crippen LogP contribution is -1.71. The van der Waals surface area contributed by atoms with Crippen molar-refractivity contribution in [3.05, 3.63) is 30.2 Å². The molecule has 0 fully saturated rings. The van der Waals surface area contributed by atoms with Crippen LogP contribution in [0.15, 0.2) is 29.0 Å². The van der Waals surface area contributed by atoms with Crippen LogP contribution in [0.4, 0.5) is 0 Å². The van der Waals surface area contributed by atoms with E-state index >= 15 is 0 Å². The highest BCUT2D eigenvalue weighted by Crippen LogP contribution is 2.15. The van der Waals surface area contributed by atoms with Gasteiger partial charge in [-0.1, -0.05) is 13.8 Å². The fourth-order valence-electron chi connectivity index (χ4n) is 0.989. The van der Waals surface area contributed by atoms with Crippen LogP contribution in [0.2, 0.25) is 0 Å². The van der Waals surface area contributed by atoms with Gasteiger partial charge in [-0.25, -0.2) is 0 Å². The van der Waals surface area contributed by atoms with Gasteiger partial charge in [-0.2, -0.15) is 0 Å². The maximum atomic E-state index is 5.19. The monoisotopic (exact) mass is 163 g/mol. The molecule has 0 bridgehead atoms. The Balaban J connectivity index is 0.000000336. The molecule has 0 unspecified atom stereocenters. The van der Waals surface area contributed by atoms with Gasteiger partial charge in [-0.05, 0) is 19.1 Å². The smallest absolute Gasteiger partial charge is 0.152 e. The molecule has 2 heterocycles. The standard InChI is InChI=1S/C8H7NO.C2H6/c1-6-5-10-7-3-2-4-9-8(6)7;1-2/h2-5H,1H3;1-2H3. The van der Waals surface area contributed by atoms with Crippen LogP contribution < -0.4 is 0 Å². The number of rotatable bonds is 0. The number of hydrogen-bond donors (Lipinski definition) is 0. The normalized spacial score (nSPS) is 9.25. The van der Waals surface area contributed by atoms with E-state index in [1.54, 1.807) is 12.5 Å². The van der Waals surface area contributed by atoms with Crippen molar-refractivity contribution in [1.29, 1.82) is 0 Å². The Labute approximate surface area is 72.2 Å². The first kappa shape index (κ1) is 8.78. The number of pyridine rings is 1. The second kappa shape index (κ2) is 3.90. The molecular weight excluding hydrogens is 150 g/mol. The van der Waals surface area contributed by atoms with Gasteiger partial charge in [0.1, 0.15) is 5.52 Å². The predicted molar refractivity (Wildman–Crippen MR) is 50.1 cm³/mol. The van der Waals surface area contributed by atoms with Crippen molar-refractivity contribution in [2.24, 2.45) is 0 Å². The summed E-state index contributed by atoms with van der Waals surface area (Å²) in [5.74, 6) is 0. The molecule has 0 saturated carbocycles. The lowest BCUT2D eigenvalue weighted by atomic mass is 10.3. The van der Waals surface area contributed by atoms with Crippen molar-refractivity contribution in [3.63, 3.8) is 0 Å². The Morgan fingerprint density at radius 2 is 2.08 bits per heavy atom. The number of aromatic nitrogens is 1. The summed E-state index contributed by atoms with van der Waals surface area (Å²) in [5, 5.41) is 0. The zero-order valence-corrected chi connectivity index (χ0v) is 7.66. The highest BCUT2D eigenvalue weighted by molar-refractivity contribution is 5.75. The molecule has 0 aliphatic carbocycles. The number of nitrogens with zero attached hydrogens (tertiary/aromatic N) is 1. The van der Waals surface area contributed by atoms with Gasteiger partial charge >= 0.3 is 0 Å². The van der Waals surface area contributed by atoms with Gasteiger partial charge in [-0.3, -0.25) is 4.98 Å². The molecule has 64 valence electrons. The van der Waals surface area contributed by atoms with Crippen molar-refractivity contribution in [1.82, 2.24) is 4.98 Å². The van der Waals surface area contributed by atoms with Crippen LogP contribution in [-0.2, 0) is 0 Å². The summed E-state index contributed by atoms with van der Waals surface area (Å²) in [6, 6.07) is 3.78. The van der Waals surface area contributed by atoms with Crippen molar-refractivity contribution >= 4 is 11.1 Å². The Hall–Kier alpha value is -1.31. The third-order valence-electron chi connectivity index (χ3n) is 1.51. The summed E-state index contributed by atoms with van der Waals surface area (Å²) in [7, 11) is 0. The third kappa shape index (κ3) is 1.47. The van der Waals surface area contributed by atoms with Gasteiger partial charge in [0.15, 0.2) is 5.58 Å². The molecule has 0 spiro atoms. The quantitative estimate of drug-likeness (QED) is 0.596. The van der Waals surface area contributed by atoms with Gasteiger partial charge in [0.25, 0.3) is 0 Å². The summed E-state index contributed by atoms with van der Waals surface area (Å²) >= 11 is 0. The van der Waals surface area contributed by atoms with Crippen molar-refractivity contribution in [3.8, 4) is 0 Å². The van der Waals surface area contributed by atoms with Crippen molar-refractivity contribution in [2.75, 3.05) is 0 Å². The molecule has 2 heteroatoms. The van der Waals surface area contributed by atoms with E-state index in [0.29, 0.717) is 0 Å². The van der Waals surface area contributed by atoms with Crippen molar-refractivity contribution in [2.45, 2.75) is 20.8 Å². The molecule has 0 saturated heterocycles. The summed E-state index contributed by atoms with van der Waals surface area (Å²) in [6.45, 7) is 5.98. The third-order valence-corrected chi connectivity index (χ3v) is 1.51. The fraction of sp³-hybridized carbons (Fsp3) is 0.300. The van der Waals surface area contributed by atoms with Crippen LogP contribution in [0.5, 0.6) is 0 Å². The molecule has 0 atom stereocenters. The van der Waals surface area contributed by atoms with Crippen LogP contribution in [0, 0.1) is 6.92 Å². The second-order valence-corrected chi connectivity index (χ2v) is 2.27. The van der Waals surface area contributed by atoms with Gasteiger partial charge in [0, 0.05) is 11.8 Å². The summed E-state index contributed by atoms with van der Waals surface area (Å²) in [4.78, 5) is 4.15. The highest BCUT2D eigenvalue weighted by Gasteiger charge is 1.98. The summed E-state index contributed by atoms with van der Waals surface area (Å²) in [5.41, 5.74) is 2.91. The van der Waals surface area contributed by atoms with Gasteiger partial charge < -0.3 is 4.42 Å². The number of aryl methyl sites for hydroxylation is 1.